The third kappa shape index (κ3) is 3.70. The predicted octanol–water partition coefficient (Wildman–Crippen LogP) is 4.44. The van der Waals surface area contributed by atoms with Gasteiger partial charge in [-0.2, -0.15) is 39.5 Å². The van der Waals surface area contributed by atoms with Gasteiger partial charge in [-0.25, -0.2) is 0 Å². The van der Waals surface area contributed by atoms with Crippen LogP contribution in [0.15, 0.2) is 0 Å². The van der Waals surface area contributed by atoms with Crippen LogP contribution in [0.5, 0.6) is 0 Å². The maximum absolute atomic E-state index is 13.0. The van der Waals surface area contributed by atoms with Gasteiger partial charge in [0, 0.05) is 6.54 Å². The molecule has 1 N–H and O–H groups in total. The van der Waals surface area contributed by atoms with E-state index in [1.165, 1.54) is 6.92 Å². The molecule has 1 unspecified atom stereocenters. The van der Waals surface area contributed by atoms with E-state index in [1.807, 2.05) is 0 Å². The third-order valence-electron chi connectivity index (χ3n) is 2.60. The van der Waals surface area contributed by atoms with Gasteiger partial charge in [0.1, 0.15) is 0 Å². The zero-order valence-corrected chi connectivity index (χ0v) is 10.6. The highest BCUT2D eigenvalue weighted by atomic mass is 19.4. The summed E-state index contributed by atoms with van der Waals surface area (Å²) in [4.78, 5) is 0. The van der Waals surface area contributed by atoms with Gasteiger partial charge in [0.2, 0.25) is 0 Å². The van der Waals surface area contributed by atoms with Crippen LogP contribution in [-0.4, -0.2) is 30.6 Å². The van der Waals surface area contributed by atoms with E-state index in [-0.39, 0.29) is 0 Å². The van der Waals surface area contributed by atoms with Crippen molar-refractivity contribution in [3.05, 3.63) is 0 Å². The van der Waals surface area contributed by atoms with Crippen molar-refractivity contribution in [2.24, 2.45) is 5.92 Å². The van der Waals surface area contributed by atoms with E-state index in [0.29, 0.717) is 12.8 Å². The molecular formula is C10H14F9N. The molecule has 0 fully saturated rings. The highest BCUT2D eigenvalue weighted by molar-refractivity contribution is 4.99. The number of rotatable bonds is 7. The molecule has 0 radical (unpaired) electrons. The lowest BCUT2D eigenvalue weighted by molar-refractivity contribution is -0.400. The van der Waals surface area contributed by atoms with Crippen molar-refractivity contribution in [1.29, 1.82) is 0 Å². The van der Waals surface area contributed by atoms with Crippen LogP contribution < -0.4 is 5.32 Å². The molecule has 0 rings (SSSR count). The quantitative estimate of drug-likeness (QED) is 0.540. The van der Waals surface area contributed by atoms with Crippen molar-refractivity contribution in [3.8, 4) is 0 Å². The zero-order valence-electron chi connectivity index (χ0n) is 10.6. The van der Waals surface area contributed by atoms with E-state index in [2.05, 4.69) is 0 Å². The topological polar surface area (TPSA) is 12.0 Å². The van der Waals surface area contributed by atoms with Gasteiger partial charge >= 0.3 is 24.1 Å². The summed E-state index contributed by atoms with van der Waals surface area (Å²) in [5, 5.41) is 0.799. The Kier molecular flexibility index (Phi) is 5.78. The lowest BCUT2D eigenvalue weighted by atomic mass is 10.1. The third-order valence-corrected chi connectivity index (χ3v) is 2.60. The highest BCUT2D eigenvalue weighted by Gasteiger charge is 2.81. The summed E-state index contributed by atoms with van der Waals surface area (Å²) in [6.45, 7) is 2.22. The first-order valence-corrected chi connectivity index (χ1v) is 5.66. The van der Waals surface area contributed by atoms with E-state index in [1.54, 1.807) is 6.92 Å². The molecule has 0 bridgehead atoms. The van der Waals surface area contributed by atoms with Gasteiger partial charge in [0.15, 0.2) is 0 Å². The molecular weight excluding hydrogens is 305 g/mol. The van der Waals surface area contributed by atoms with Crippen LogP contribution in [0.2, 0.25) is 0 Å². The van der Waals surface area contributed by atoms with Crippen molar-refractivity contribution in [2.45, 2.75) is 50.8 Å². The van der Waals surface area contributed by atoms with Gasteiger partial charge in [-0.15, -0.1) is 0 Å². The minimum Gasteiger partial charge on any atom is -0.252 e. The summed E-state index contributed by atoms with van der Waals surface area (Å²) in [6, 6.07) is -5.69. The van der Waals surface area contributed by atoms with Crippen molar-refractivity contribution < 1.29 is 39.5 Å². The minimum absolute atomic E-state index is 0.324. The van der Waals surface area contributed by atoms with Crippen LogP contribution in [0, 0.1) is 5.92 Å². The lowest BCUT2D eigenvalue weighted by Crippen LogP contribution is -2.65. The van der Waals surface area contributed by atoms with E-state index >= 15 is 0 Å². The van der Waals surface area contributed by atoms with Gasteiger partial charge < -0.3 is 0 Å². The summed E-state index contributed by atoms with van der Waals surface area (Å²) in [5.74, 6) is -14.0. The van der Waals surface area contributed by atoms with Crippen LogP contribution in [-0.2, 0) is 0 Å². The Morgan fingerprint density at radius 3 is 1.65 bits per heavy atom. The van der Waals surface area contributed by atoms with Crippen molar-refractivity contribution in [2.75, 3.05) is 6.54 Å². The average molecular weight is 319 g/mol. The Balaban J connectivity index is 5.07. The Hall–Kier alpha value is -0.670. The van der Waals surface area contributed by atoms with Crippen LogP contribution in [0.3, 0.4) is 0 Å². The van der Waals surface area contributed by atoms with Crippen molar-refractivity contribution in [1.82, 2.24) is 5.32 Å². The molecule has 0 spiro atoms. The smallest absolute Gasteiger partial charge is 0.252 e. The molecule has 0 saturated heterocycles. The van der Waals surface area contributed by atoms with E-state index < -0.39 is 36.5 Å². The first-order valence-electron chi connectivity index (χ1n) is 5.66. The predicted molar refractivity (Wildman–Crippen MR) is 53.0 cm³/mol. The largest absolute Gasteiger partial charge is 0.460 e. The highest BCUT2D eigenvalue weighted by Crippen LogP contribution is 2.52. The maximum atomic E-state index is 13.0. The molecule has 0 aliphatic heterocycles. The van der Waals surface area contributed by atoms with E-state index in [0.717, 1.165) is 5.32 Å². The first-order chi connectivity index (χ1) is 8.70. The molecule has 0 amide bonds. The number of hydrogen-bond donors (Lipinski definition) is 1. The molecule has 122 valence electrons. The van der Waals surface area contributed by atoms with Gasteiger partial charge in [0.25, 0.3) is 0 Å². The second kappa shape index (κ2) is 5.98. The van der Waals surface area contributed by atoms with Crippen LogP contribution >= 0.6 is 0 Å². The Labute approximate surface area is 109 Å². The van der Waals surface area contributed by atoms with Gasteiger partial charge in [0.05, 0.1) is 0 Å². The SMILES string of the molecule is CCCC(C)CNC(F)(F)C(F)(F)C(F)(F)C(F)(F)F. The standard InChI is InChI=1S/C10H14F9N/c1-3-4-6(2)5-20-10(18,19)8(13,14)7(11,12)9(15,16)17/h6,20H,3-5H2,1-2H3. The molecule has 0 heterocycles. The zero-order chi connectivity index (χ0) is 16.4. The van der Waals surface area contributed by atoms with Gasteiger partial charge in [-0.05, 0) is 12.3 Å². The number of nitrogens with one attached hydrogen (secondary N) is 1. The minimum atomic E-state index is -6.84. The fourth-order valence-corrected chi connectivity index (χ4v) is 1.38. The molecule has 0 aromatic heterocycles. The summed E-state index contributed by atoms with van der Waals surface area (Å²) in [6.07, 6.45) is -5.94. The summed E-state index contributed by atoms with van der Waals surface area (Å²) < 4.78 is 112. The molecule has 0 aliphatic carbocycles. The van der Waals surface area contributed by atoms with Crippen molar-refractivity contribution in [3.63, 3.8) is 0 Å². The lowest BCUT2D eigenvalue weighted by Gasteiger charge is -2.34. The first kappa shape index (κ1) is 19.3. The summed E-state index contributed by atoms with van der Waals surface area (Å²) >= 11 is 0. The van der Waals surface area contributed by atoms with Crippen molar-refractivity contribution >= 4 is 0 Å². The molecule has 20 heavy (non-hydrogen) atoms. The van der Waals surface area contributed by atoms with Crippen LogP contribution in [0.4, 0.5) is 39.5 Å². The Morgan fingerprint density at radius 1 is 0.850 bits per heavy atom. The molecule has 0 aromatic rings. The molecule has 1 atom stereocenters. The summed E-state index contributed by atoms with van der Waals surface area (Å²) in [5.41, 5.74) is 0. The number of alkyl halides is 9. The second-order valence-corrected chi connectivity index (χ2v) is 4.50. The van der Waals surface area contributed by atoms with E-state index in [9.17, 15) is 39.5 Å². The average Bonchev–Trinajstić information content (AvgIpc) is 2.25. The Bertz CT molecular complexity index is 310. The monoisotopic (exact) mass is 319 g/mol. The molecule has 0 aliphatic rings. The molecule has 1 nitrogen and oxygen atoms in total. The van der Waals surface area contributed by atoms with Gasteiger partial charge in [-0.1, -0.05) is 20.3 Å². The fraction of sp³-hybridized carbons (Fsp3) is 1.00. The number of hydrogen-bond acceptors (Lipinski definition) is 1. The van der Waals surface area contributed by atoms with Crippen LogP contribution in [0.25, 0.3) is 0 Å². The maximum Gasteiger partial charge on any atom is 0.460 e. The second-order valence-electron chi connectivity index (χ2n) is 4.50. The Morgan fingerprint density at radius 2 is 1.30 bits per heavy atom. The number of halogens is 9. The molecule has 0 saturated carbocycles. The fourth-order valence-electron chi connectivity index (χ4n) is 1.38. The molecule has 10 heteroatoms. The normalized spacial score (nSPS) is 16.4. The summed E-state index contributed by atoms with van der Waals surface area (Å²) in [7, 11) is 0. The van der Waals surface area contributed by atoms with Crippen LogP contribution in [0.1, 0.15) is 26.7 Å². The van der Waals surface area contributed by atoms with E-state index in [4.69, 9.17) is 0 Å². The van der Waals surface area contributed by atoms with Gasteiger partial charge in [-0.3, -0.25) is 5.32 Å². The molecule has 0 aromatic carbocycles.